The smallest absolute Gasteiger partial charge is 0.417 e. The van der Waals surface area contributed by atoms with E-state index in [2.05, 4.69) is 0 Å². The lowest BCUT2D eigenvalue weighted by molar-refractivity contribution is -0.143. The van der Waals surface area contributed by atoms with Gasteiger partial charge in [0.15, 0.2) is 0 Å². The summed E-state index contributed by atoms with van der Waals surface area (Å²) < 4.78 is 39.0. The highest BCUT2D eigenvalue weighted by molar-refractivity contribution is 5.96. The number of carbonyl (C=O) groups is 2. The van der Waals surface area contributed by atoms with Gasteiger partial charge in [0.05, 0.1) is 11.1 Å². The van der Waals surface area contributed by atoms with Crippen molar-refractivity contribution in [3.8, 4) is 0 Å². The number of carboxylic acids is 1. The Bertz CT molecular complexity index is 602. The zero-order valence-electron chi connectivity index (χ0n) is 12.9. The molecule has 1 aliphatic rings. The van der Waals surface area contributed by atoms with Gasteiger partial charge in [0.2, 0.25) is 0 Å². The van der Waals surface area contributed by atoms with Crippen molar-refractivity contribution in [3.05, 3.63) is 35.4 Å². The highest BCUT2D eigenvalue weighted by Gasteiger charge is 2.36. The predicted molar refractivity (Wildman–Crippen MR) is 83.3 cm³/mol. The maximum Gasteiger partial charge on any atom is 0.417 e. The molecule has 2 rings (SSSR count). The maximum atomic E-state index is 13.0. The van der Waals surface area contributed by atoms with Crippen LogP contribution in [0.25, 0.3) is 0 Å². The van der Waals surface area contributed by atoms with Crippen LogP contribution >= 0.6 is 12.4 Å². The highest BCUT2D eigenvalue weighted by atomic mass is 35.5. The van der Waals surface area contributed by atoms with Crippen LogP contribution in [0.4, 0.5) is 13.2 Å². The first-order valence-corrected chi connectivity index (χ1v) is 7.14. The molecular weight excluding hydrogens is 349 g/mol. The molecule has 1 heterocycles. The number of nitrogens with zero attached hydrogens (tertiary/aromatic N) is 2. The van der Waals surface area contributed by atoms with E-state index < -0.39 is 29.7 Å². The van der Waals surface area contributed by atoms with Crippen LogP contribution in [0.5, 0.6) is 0 Å². The molecule has 1 N–H and O–H groups in total. The van der Waals surface area contributed by atoms with E-state index in [9.17, 15) is 22.8 Å². The Morgan fingerprint density at radius 1 is 1.12 bits per heavy atom. The quantitative estimate of drug-likeness (QED) is 0.892. The summed E-state index contributed by atoms with van der Waals surface area (Å²) in [6.07, 6.45) is -4.59. The van der Waals surface area contributed by atoms with Crippen molar-refractivity contribution >= 4 is 24.3 Å². The van der Waals surface area contributed by atoms with Gasteiger partial charge in [-0.15, -0.1) is 12.4 Å². The van der Waals surface area contributed by atoms with E-state index in [1.54, 1.807) is 11.8 Å². The van der Waals surface area contributed by atoms with Gasteiger partial charge in [-0.1, -0.05) is 12.1 Å². The van der Waals surface area contributed by atoms with Gasteiger partial charge in [-0.2, -0.15) is 13.2 Å². The summed E-state index contributed by atoms with van der Waals surface area (Å²) in [5.74, 6) is -1.65. The summed E-state index contributed by atoms with van der Waals surface area (Å²) >= 11 is 0. The predicted octanol–water partition coefficient (Wildman–Crippen LogP) is 2.36. The third-order valence-electron chi connectivity index (χ3n) is 3.97. The number of halogens is 4. The van der Waals surface area contributed by atoms with E-state index in [1.165, 1.54) is 17.0 Å². The van der Waals surface area contributed by atoms with Crippen molar-refractivity contribution in [2.24, 2.45) is 0 Å². The average Bonchev–Trinajstić information content (AvgIpc) is 2.52. The molecule has 1 aliphatic heterocycles. The minimum Gasteiger partial charge on any atom is -0.480 e. The van der Waals surface area contributed by atoms with Crippen LogP contribution < -0.4 is 0 Å². The Balaban J connectivity index is 0.00000288. The molecule has 1 unspecified atom stereocenters. The molecule has 1 fully saturated rings. The van der Waals surface area contributed by atoms with Crippen molar-refractivity contribution in [2.45, 2.75) is 19.1 Å². The minimum absolute atomic E-state index is 0. The Morgan fingerprint density at radius 2 is 1.67 bits per heavy atom. The van der Waals surface area contributed by atoms with Gasteiger partial charge in [-0.05, 0) is 19.1 Å². The lowest BCUT2D eigenvalue weighted by Crippen LogP contribution is -2.53. The second-order valence-electron chi connectivity index (χ2n) is 5.39. The van der Waals surface area contributed by atoms with Crippen LogP contribution in [0.3, 0.4) is 0 Å². The van der Waals surface area contributed by atoms with Crippen molar-refractivity contribution in [2.75, 3.05) is 26.2 Å². The molecule has 134 valence electrons. The van der Waals surface area contributed by atoms with Gasteiger partial charge in [0.1, 0.15) is 6.04 Å². The molecule has 1 aromatic rings. The summed E-state index contributed by atoms with van der Waals surface area (Å²) in [6.45, 7) is 2.56. The zero-order chi connectivity index (χ0) is 17.2. The third-order valence-corrected chi connectivity index (χ3v) is 3.97. The van der Waals surface area contributed by atoms with E-state index in [0.29, 0.717) is 13.1 Å². The van der Waals surface area contributed by atoms with Crippen molar-refractivity contribution < 1.29 is 27.9 Å². The first kappa shape index (κ1) is 20.2. The number of hydrogen-bond donors (Lipinski definition) is 1. The molecule has 0 radical (unpaired) electrons. The monoisotopic (exact) mass is 366 g/mol. The fraction of sp³-hybridized carbons (Fsp3) is 0.467. The van der Waals surface area contributed by atoms with E-state index in [1.807, 2.05) is 0 Å². The van der Waals surface area contributed by atoms with Gasteiger partial charge >= 0.3 is 12.1 Å². The van der Waals surface area contributed by atoms with Gasteiger partial charge in [-0.3, -0.25) is 14.5 Å². The summed E-state index contributed by atoms with van der Waals surface area (Å²) in [5.41, 5.74) is -1.33. The van der Waals surface area contributed by atoms with E-state index in [4.69, 9.17) is 5.11 Å². The standard InChI is InChI=1S/C15H17F3N2O3.ClH/c1-10(14(22)23)19-6-8-20(9-7-19)13(21)11-4-2-3-5-12(11)15(16,17)18;/h2-5,10H,6-9H2,1H3,(H,22,23);1H. The molecular formula is C15H18ClF3N2O3. The summed E-state index contributed by atoms with van der Waals surface area (Å²) in [5, 5.41) is 8.97. The zero-order valence-corrected chi connectivity index (χ0v) is 13.7. The second kappa shape index (κ2) is 7.85. The van der Waals surface area contributed by atoms with Crippen molar-refractivity contribution in [3.63, 3.8) is 0 Å². The molecule has 1 aromatic carbocycles. The Morgan fingerprint density at radius 3 is 2.17 bits per heavy atom. The van der Waals surface area contributed by atoms with Gasteiger partial charge < -0.3 is 10.0 Å². The Kier molecular flexibility index (Phi) is 6.62. The number of piperazine rings is 1. The number of aliphatic carboxylic acids is 1. The lowest BCUT2D eigenvalue weighted by Gasteiger charge is -2.36. The molecule has 1 amide bonds. The number of carboxylic acid groups (broad SMARTS) is 1. The lowest BCUT2D eigenvalue weighted by atomic mass is 10.1. The largest absolute Gasteiger partial charge is 0.480 e. The average molecular weight is 367 g/mol. The summed E-state index contributed by atoms with van der Waals surface area (Å²) in [4.78, 5) is 26.3. The molecule has 1 atom stereocenters. The van der Waals surface area contributed by atoms with E-state index in [0.717, 1.165) is 12.1 Å². The molecule has 0 bridgehead atoms. The van der Waals surface area contributed by atoms with E-state index >= 15 is 0 Å². The van der Waals surface area contributed by atoms with Crippen LogP contribution in [-0.4, -0.2) is 59.0 Å². The number of hydrogen-bond acceptors (Lipinski definition) is 3. The number of rotatable bonds is 3. The number of benzene rings is 1. The van der Waals surface area contributed by atoms with Crippen LogP contribution in [-0.2, 0) is 11.0 Å². The summed E-state index contributed by atoms with van der Waals surface area (Å²) in [7, 11) is 0. The van der Waals surface area contributed by atoms with Crippen LogP contribution in [0, 0.1) is 0 Å². The van der Waals surface area contributed by atoms with E-state index in [-0.39, 0.29) is 31.1 Å². The van der Waals surface area contributed by atoms with Crippen molar-refractivity contribution in [1.82, 2.24) is 9.80 Å². The maximum absolute atomic E-state index is 13.0. The van der Waals surface area contributed by atoms with Gasteiger partial charge in [-0.25, -0.2) is 0 Å². The third kappa shape index (κ3) is 4.39. The minimum atomic E-state index is -4.59. The normalized spacial score (nSPS) is 17.1. The molecule has 0 aliphatic carbocycles. The first-order valence-electron chi connectivity index (χ1n) is 7.14. The number of alkyl halides is 3. The molecule has 0 spiro atoms. The topological polar surface area (TPSA) is 60.9 Å². The Labute approximate surface area is 143 Å². The first-order chi connectivity index (χ1) is 10.7. The van der Waals surface area contributed by atoms with Crippen LogP contribution in [0.1, 0.15) is 22.8 Å². The SMILES string of the molecule is CC(C(=O)O)N1CCN(C(=O)c2ccccc2C(F)(F)F)CC1.Cl. The number of amides is 1. The Hall–Kier alpha value is -1.80. The molecule has 0 aromatic heterocycles. The molecule has 1 saturated heterocycles. The van der Waals surface area contributed by atoms with Crippen LogP contribution in [0.2, 0.25) is 0 Å². The summed E-state index contributed by atoms with van der Waals surface area (Å²) in [6, 6.07) is 4.00. The van der Waals surface area contributed by atoms with Crippen LogP contribution in [0.15, 0.2) is 24.3 Å². The number of carbonyl (C=O) groups excluding carboxylic acids is 1. The second-order valence-corrected chi connectivity index (χ2v) is 5.39. The fourth-order valence-corrected chi connectivity index (χ4v) is 2.56. The molecule has 5 nitrogen and oxygen atoms in total. The van der Waals surface area contributed by atoms with Gasteiger partial charge in [0.25, 0.3) is 5.91 Å². The fourth-order valence-electron chi connectivity index (χ4n) is 2.56. The molecule has 9 heteroatoms. The molecule has 0 saturated carbocycles. The van der Waals surface area contributed by atoms with Gasteiger partial charge in [0, 0.05) is 26.2 Å². The highest BCUT2D eigenvalue weighted by Crippen LogP contribution is 2.32. The van der Waals surface area contributed by atoms with Crippen molar-refractivity contribution in [1.29, 1.82) is 0 Å². The molecule has 24 heavy (non-hydrogen) atoms.